The second-order valence-electron chi connectivity index (χ2n) is 10.1. The summed E-state index contributed by atoms with van der Waals surface area (Å²) >= 11 is 5.94. The molecule has 0 spiro atoms. The first-order valence-corrected chi connectivity index (χ1v) is 13.3. The van der Waals surface area contributed by atoms with Crippen LogP contribution >= 0.6 is 12.2 Å². The summed E-state index contributed by atoms with van der Waals surface area (Å²) in [6.07, 6.45) is 8.53. The Morgan fingerprint density at radius 2 is 1.77 bits per heavy atom. The molecule has 0 bridgehead atoms. The van der Waals surface area contributed by atoms with E-state index < -0.39 is 0 Å². The number of nitrogens with zero attached hydrogens (tertiary/aromatic N) is 3. The molecule has 0 radical (unpaired) electrons. The number of hydrogen-bond donors (Lipinski definition) is 1. The fraction of sp³-hybridized carbons (Fsp3) is 0.448. The van der Waals surface area contributed by atoms with E-state index in [1.165, 1.54) is 49.1 Å². The standard InChI is InChI=1S/C29H36N4OS/c1-19(2)34-24-15-13-23(14-16-24)33-28(27(31-29(33)35)26-12-8-9-17-30-26)25-18-20(3)32(21(25)4)22-10-6-5-7-11-22/h8-9,12-19,22,27-28H,5-7,10-11H2,1-4H3,(H,31,35)/t27-,28+/m1/s1. The molecule has 1 N–H and O–H groups in total. The smallest absolute Gasteiger partial charge is 0.174 e. The zero-order valence-corrected chi connectivity index (χ0v) is 22.0. The molecule has 1 aromatic carbocycles. The van der Waals surface area contributed by atoms with Crippen molar-refractivity contribution >= 4 is 23.0 Å². The molecule has 2 fully saturated rings. The molecule has 35 heavy (non-hydrogen) atoms. The molecule has 5 nitrogen and oxygen atoms in total. The minimum Gasteiger partial charge on any atom is -0.491 e. The minimum atomic E-state index is -0.0319. The molecule has 1 saturated carbocycles. The number of aryl methyl sites for hydroxylation is 1. The highest BCUT2D eigenvalue weighted by Gasteiger charge is 2.42. The van der Waals surface area contributed by atoms with Crippen molar-refractivity contribution in [1.82, 2.24) is 14.9 Å². The highest BCUT2D eigenvalue weighted by atomic mass is 32.1. The van der Waals surface area contributed by atoms with Gasteiger partial charge in [0.15, 0.2) is 5.11 Å². The lowest BCUT2D eigenvalue weighted by molar-refractivity contribution is 0.242. The summed E-state index contributed by atoms with van der Waals surface area (Å²) < 4.78 is 8.47. The Labute approximate surface area is 214 Å². The molecule has 2 aliphatic rings. The van der Waals surface area contributed by atoms with Crippen molar-refractivity contribution in [2.45, 2.75) is 84.0 Å². The van der Waals surface area contributed by atoms with Gasteiger partial charge >= 0.3 is 0 Å². The SMILES string of the molecule is Cc1cc([C@H]2[C@@H](c3ccccn3)NC(=S)N2c2ccc(OC(C)C)cc2)c(C)n1C1CCCCC1. The van der Waals surface area contributed by atoms with Crippen LogP contribution in [0.1, 0.15) is 86.7 Å². The average Bonchev–Trinajstić information content (AvgIpc) is 3.35. The van der Waals surface area contributed by atoms with Crippen molar-refractivity contribution in [3.05, 3.63) is 77.4 Å². The normalized spacial score (nSPS) is 20.9. The summed E-state index contributed by atoms with van der Waals surface area (Å²) in [5, 5.41) is 4.33. The maximum absolute atomic E-state index is 5.94. The first-order valence-electron chi connectivity index (χ1n) is 12.9. The molecule has 184 valence electrons. The number of ether oxygens (including phenoxy) is 1. The van der Waals surface area contributed by atoms with Gasteiger partial charge in [-0.3, -0.25) is 4.98 Å². The van der Waals surface area contributed by atoms with Crippen molar-refractivity contribution in [3.8, 4) is 5.75 Å². The molecule has 0 amide bonds. The summed E-state index contributed by atoms with van der Waals surface area (Å²) in [4.78, 5) is 6.98. The van der Waals surface area contributed by atoms with Crippen molar-refractivity contribution in [1.29, 1.82) is 0 Å². The van der Waals surface area contributed by atoms with E-state index >= 15 is 0 Å². The van der Waals surface area contributed by atoms with Gasteiger partial charge in [0.05, 0.1) is 23.9 Å². The summed E-state index contributed by atoms with van der Waals surface area (Å²) in [6.45, 7) is 8.63. The van der Waals surface area contributed by atoms with Gasteiger partial charge in [0.2, 0.25) is 0 Å². The van der Waals surface area contributed by atoms with Gasteiger partial charge < -0.3 is 19.5 Å². The Balaban J connectivity index is 1.58. The number of anilines is 1. The Morgan fingerprint density at radius 1 is 1.03 bits per heavy atom. The zero-order valence-electron chi connectivity index (χ0n) is 21.2. The quantitative estimate of drug-likeness (QED) is 0.380. The number of aromatic nitrogens is 2. The Hall–Kier alpha value is -2.86. The molecule has 3 heterocycles. The third-order valence-corrected chi connectivity index (χ3v) is 7.68. The molecule has 1 aliphatic heterocycles. The van der Waals surface area contributed by atoms with Crippen molar-refractivity contribution in [2.24, 2.45) is 0 Å². The summed E-state index contributed by atoms with van der Waals surface area (Å²) in [5.74, 6) is 0.870. The Morgan fingerprint density at radius 3 is 2.43 bits per heavy atom. The second kappa shape index (κ2) is 10.0. The van der Waals surface area contributed by atoms with Crippen LogP contribution in [-0.4, -0.2) is 20.8 Å². The lowest BCUT2D eigenvalue weighted by Gasteiger charge is -2.30. The van der Waals surface area contributed by atoms with Gasteiger partial charge in [0.1, 0.15) is 5.75 Å². The first kappa shape index (κ1) is 23.9. The van der Waals surface area contributed by atoms with Crippen LogP contribution in [0.4, 0.5) is 5.69 Å². The molecule has 0 unspecified atom stereocenters. The monoisotopic (exact) mass is 488 g/mol. The van der Waals surface area contributed by atoms with Gasteiger partial charge in [-0.05, 0) is 101 Å². The molecule has 2 atom stereocenters. The average molecular weight is 489 g/mol. The fourth-order valence-electron chi connectivity index (χ4n) is 5.91. The van der Waals surface area contributed by atoms with Gasteiger partial charge in [-0.2, -0.15) is 0 Å². The second-order valence-corrected chi connectivity index (χ2v) is 10.5. The van der Waals surface area contributed by atoms with E-state index in [0.717, 1.165) is 22.2 Å². The number of benzene rings is 1. The van der Waals surface area contributed by atoms with Crippen molar-refractivity contribution in [3.63, 3.8) is 0 Å². The Bertz CT molecular complexity index is 1170. The topological polar surface area (TPSA) is 42.3 Å². The number of nitrogens with one attached hydrogen (secondary N) is 1. The van der Waals surface area contributed by atoms with E-state index in [-0.39, 0.29) is 18.2 Å². The summed E-state index contributed by atoms with van der Waals surface area (Å²) in [7, 11) is 0. The van der Waals surface area contributed by atoms with Crippen LogP contribution in [0.25, 0.3) is 0 Å². The van der Waals surface area contributed by atoms with E-state index in [0.29, 0.717) is 6.04 Å². The molecule has 6 heteroatoms. The van der Waals surface area contributed by atoms with Gasteiger partial charge in [-0.25, -0.2) is 0 Å². The fourth-order valence-corrected chi connectivity index (χ4v) is 6.26. The number of thiocarbonyl (C=S) groups is 1. The van der Waals surface area contributed by atoms with E-state index in [9.17, 15) is 0 Å². The van der Waals surface area contributed by atoms with Crippen LogP contribution in [0.5, 0.6) is 5.75 Å². The lowest BCUT2D eigenvalue weighted by atomic mass is 9.94. The molecular formula is C29H36N4OS. The van der Waals surface area contributed by atoms with E-state index in [2.05, 4.69) is 59.0 Å². The van der Waals surface area contributed by atoms with E-state index in [1.807, 2.05) is 38.2 Å². The molecule has 2 aromatic heterocycles. The number of rotatable bonds is 6. The molecular weight excluding hydrogens is 452 g/mol. The lowest BCUT2D eigenvalue weighted by Crippen LogP contribution is -2.29. The third-order valence-electron chi connectivity index (χ3n) is 7.37. The van der Waals surface area contributed by atoms with Crippen LogP contribution in [-0.2, 0) is 0 Å². The predicted molar refractivity (Wildman–Crippen MR) is 146 cm³/mol. The van der Waals surface area contributed by atoms with E-state index in [1.54, 1.807) is 0 Å². The van der Waals surface area contributed by atoms with Crippen LogP contribution in [0.15, 0.2) is 54.7 Å². The molecule has 5 rings (SSSR count). The van der Waals surface area contributed by atoms with Gasteiger partial charge in [-0.15, -0.1) is 0 Å². The van der Waals surface area contributed by atoms with Gasteiger partial charge in [-0.1, -0.05) is 25.3 Å². The highest BCUT2D eigenvalue weighted by Crippen LogP contribution is 2.44. The van der Waals surface area contributed by atoms with Crippen LogP contribution in [0.2, 0.25) is 0 Å². The van der Waals surface area contributed by atoms with Crippen LogP contribution in [0, 0.1) is 13.8 Å². The largest absolute Gasteiger partial charge is 0.491 e. The number of pyridine rings is 1. The molecule has 1 saturated heterocycles. The maximum atomic E-state index is 5.94. The van der Waals surface area contributed by atoms with Crippen LogP contribution < -0.4 is 15.0 Å². The molecule has 1 aliphatic carbocycles. The Kier molecular flexibility index (Phi) is 6.83. The number of hydrogen-bond acceptors (Lipinski definition) is 3. The highest BCUT2D eigenvalue weighted by molar-refractivity contribution is 7.80. The maximum Gasteiger partial charge on any atom is 0.174 e. The van der Waals surface area contributed by atoms with Crippen LogP contribution in [0.3, 0.4) is 0 Å². The molecule has 3 aromatic rings. The summed E-state index contributed by atoms with van der Waals surface area (Å²) in [5.41, 5.74) is 6.06. The third kappa shape index (κ3) is 4.68. The van der Waals surface area contributed by atoms with E-state index in [4.69, 9.17) is 21.9 Å². The predicted octanol–water partition coefficient (Wildman–Crippen LogP) is 6.97. The van der Waals surface area contributed by atoms with Gasteiger partial charge in [0.25, 0.3) is 0 Å². The van der Waals surface area contributed by atoms with Crippen molar-refractivity contribution in [2.75, 3.05) is 4.90 Å². The zero-order chi connectivity index (χ0) is 24.5. The van der Waals surface area contributed by atoms with Gasteiger partial charge in [0, 0.05) is 29.3 Å². The summed E-state index contributed by atoms with van der Waals surface area (Å²) in [6, 6.07) is 17.4. The first-order chi connectivity index (χ1) is 16.9. The minimum absolute atomic E-state index is 0.0119. The van der Waals surface area contributed by atoms with Crippen molar-refractivity contribution < 1.29 is 4.74 Å².